The summed E-state index contributed by atoms with van der Waals surface area (Å²) >= 11 is 1.44. The van der Waals surface area contributed by atoms with Gasteiger partial charge in [0.2, 0.25) is 10.0 Å². The Balaban J connectivity index is 3.13. The average molecular weight is 325 g/mol. The Kier molecular flexibility index (Phi) is 5.54. The van der Waals surface area contributed by atoms with Gasteiger partial charge in [0.05, 0.1) is 6.61 Å². The Morgan fingerprint density at radius 3 is 2.45 bits per heavy atom. The Labute approximate surface area is 121 Å². The maximum atomic E-state index is 13.6. The predicted molar refractivity (Wildman–Crippen MR) is 75.1 cm³/mol. The summed E-state index contributed by atoms with van der Waals surface area (Å²) in [6.45, 7) is 3.14. The summed E-state index contributed by atoms with van der Waals surface area (Å²) in [5, 5.41) is 8.93. The monoisotopic (exact) mass is 325 g/mol. The summed E-state index contributed by atoms with van der Waals surface area (Å²) in [5.74, 6) is -2.75. The lowest BCUT2D eigenvalue weighted by Gasteiger charge is -2.22. The van der Waals surface area contributed by atoms with E-state index >= 15 is 0 Å². The van der Waals surface area contributed by atoms with Crippen LogP contribution in [-0.4, -0.2) is 31.1 Å². The van der Waals surface area contributed by atoms with Crippen LogP contribution in [0, 0.1) is 11.6 Å². The van der Waals surface area contributed by atoms with Crippen molar-refractivity contribution in [2.45, 2.75) is 30.1 Å². The third-order valence-electron chi connectivity index (χ3n) is 2.77. The standard InChI is InChI=1S/C12H17F2NO3S2/c1-12(2,19-3)7-15-20(17,18)10-5-8(6-16)4-9(13)11(10)14/h4-5,15-16H,6-7H2,1-3H3. The Morgan fingerprint density at radius 1 is 1.35 bits per heavy atom. The molecule has 1 aromatic rings. The number of sulfonamides is 1. The fourth-order valence-corrected chi connectivity index (χ4v) is 2.98. The van der Waals surface area contributed by atoms with Gasteiger partial charge in [0, 0.05) is 11.3 Å². The predicted octanol–water partition coefficient (Wildman–Crippen LogP) is 1.88. The van der Waals surface area contributed by atoms with Gasteiger partial charge in [-0.25, -0.2) is 21.9 Å². The first-order valence-electron chi connectivity index (χ1n) is 5.76. The van der Waals surface area contributed by atoms with Gasteiger partial charge in [-0.15, -0.1) is 0 Å². The van der Waals surface area contributed by atoms with E-state index in [9.17, 15) is 17.2 Å². The van der Waals surface area contributed by atoms with Crippen LogP contribution in [0.1, 0.15) is 19.4 Å². The fourth-order valence-electron chi connectivity index (χ4n) is 1.32. The lowest BCUT2D eigenvalue weighted by Crippen LogP contribution is -2.36. The maximum Gasteiger partial charge on any atom is 0.243 e. The van der Waals surface area contributed by atoms with E-state index < -0.39 is 33.2 Å². The van der Waals surface area contributed by atoms with Crippen molar-refractivity contribution >= 4 is 21.8 Å². The zero-order valence-electron chi connectivity index (χ0n) is 11.4. The van der Waals surface area contributed by atoms with Crippen molar-refractivity contribution in [3.63, 3.8) is 0 Å². The minimum atomic E-state index is -4.18. The van der Waals surface area contributed by atoms with Gasteiger partial charge >= 0.3 is 0 Å². The van der Waals surface area contributed by atoms with Crippen molar-refractivity contribution in [3.8, 4) is 0 Å². The van der Waals surface area contributed by atoms with Crippen LogP contribution in [0.2, 0.25) is 0 Å². The van der Waals surface area contributed by atoms with Crippen molar-refractivity contribution in [1.82, 2.24) is 4.72 Å². The number of thioether (sulfide) groups is 1. The van der Waals surface area contributed by atoms with Crippen molar-refractivity contribution < 1.29 is 22.3 Å². The molecule has 0 saturated heterocycles. The molecular weight excluding hydrogens is 308 g/mol. The van der Waals surface area contributed by atoms with Gasteiger partial charge < -0.3 is 5.11 Å². The number of hydrogen-bond donors (Lipinski definition) is 2. The first kappa shape index (κ1) is 17.4. The fraction of sp³-hybridized carbons (Fsp3) is 0.500. The highest BCUT2D eigenvalue weighted by atomic mass is 32.2. The van der Waals surface area contributed by atoms with Crippen LogP contribution in [0.15, 0.2) is 17.0 Å². The van der Waals surface area contributed by atoms with E-state index in [0.717, 1.165) is 12.1 Å². The number of rotatable bonds is 6. The second kappa shape index (κ2) is 6.38. The van der Waals surface area contributed by atoms with Crippen molar-refractivity contribution in [2.24, 2.45) is 0 Å². The zero-order valence-corrected chi connectivity index (χ0v) is 13.0. The van der Waals surface area contributed by atoms with E-state index in [0.29, 0.717) is 0 Å². The first-order chi connectivity index (χ1) is 9.13. The molecule has 0 atom stereocenters. The second-order valence-electron chi connectivity index (χ2n) is 4.84. The minimum absolute atomic E-state index is 0.00611. The van der Waals surface area contributed by atoms with Crippen LogP contribution < -0.4 is 4.72 Å². The number of benzene rings is 1. The summed E-state index contributed by atoms with van der Waals surface area (Å²) in [6, 6.07) is 1.69. The van der Waals surface area contributed by atoms with Gasteiger partial charge in [-0.2, -0.15) is 11.8 Å². The normalized spacial score (nSPS) is 12.7. The first-order valence-corrected chi connectivity index (χ1v) is 8.47. The largest absolute Gasteiger partial charge is 0.392 e. The van der Waals surface area contributed by atoms with Crippen molar-refractivity contribution in [3.05, 3.63) is 29.3 Å². The highest BCUT2D eigenvalue weighted by Crippen LogP contribution is 2.23. The molecule has 0 spiro atoms. The van der Waals surface area contributed by atoms with Crippen LogP contribution in [0.5, 0.6) is 0 Å². The Hall–Kier alpha value is -0.700. The van der Waals surface area contributed by atoms with Crippen LogP contribution in [0.3, 0.4) is 0 Å². The molecule has 8 heteroatoms. The summed E-state index contributed by atoms with van der Waals surface area (Å²) < 4.78 is 52.9. The van der Waals surface area contributed by atoms with E-state index in [2.05, 4.69) is 4.72 Å². The number of halogens is 2. The van der Waals surface area contributed by atoms with Gasteiger partial charge in [0.15, 0.2) is 11.6 Å². The zero-order chi connectivity index (χ0) is 15.6. The molecule has 2 N–H and O–H groups in total. The summed E-state index contributed by atoms with van der Waals surface area (Å²) in [4.78, 5) is -0.793. The summed E-state index contributed by atoms with van der Waals surface area (Å²) in [7, 11) is -4.18. The molecule has 0 aliphatic rings. The molecular formula is C12H17F2NO3S2. The van der Waals surface area contributed by atoms with Crippen LogP contribution in [0.25, 0.3) is 0 Å². The lowest BCUT2D eigenvalue weighted by atomic mass is 10.2. The molecule has 20 heavy (non-hydrogen) atoms. The van der Waals surface area contributed by atoms with Crippen LogP contribution in [0.4, 0.5) is 8.78 Å². The number of hydrogen-bond acceptors (Lipinski definition) is 4. The molecule has 0 aliphatic carbocycles. The topological polar surface area (TPSA) is 66.4 Å². The Bertz CT molecular complexity index is 589. The molecule has 0 heterocycles. The molecule has 0 aromatic heterocycles. The minimum Gasteiger partial charge on any atom is -0.392 e. The molecule has 1 aromatic carbocycles. The quantitative estimate of drug-likeness (QED) is 0.838. The van der Waals surface area contributed by atoms with E-state index in [1.54, 1.807) is 0 Å². The van der Waals surface area contributed by atoms with Gasteiger partial charge in [-0.1, -0.05) is 0 Å². The van der Waals surface area contributed by atoms with Gasteiger partial charge in [-0.3, -0.25) is 0 Å². The number of aliphatic hydroxyl groups is 1. The molecule has 0 bridgehead atoms. The molecule has 0 fully saturated rings. The van der Waals surface area contributed by atoms with Gasteiger partial charge in [0.1, 0.15) is 4.90 Å². The highest BCUT2D eigenvalue weighted by molar-refractivity contribution is 8.00. The maximum absolute atomic E-state index is 13.6. The van der Waals surface area contributed by atoms with Crippen LogP contribution >= 0.6 is 11.8 Å². The van der Waals surface area contributed by atoms with E-state index in [4.69, 9.17) is 5.11 Å². The highest BCUT2D eigenvalue weighted by Gasteiger charge is 2.26. The average Bonchev–Trinajstić information content (AvgIpc) is 2.39. The van der Waals surface area contributed by atoms with Gasteiger partial charge in [0.25, 0.3) is 0 Å². The van der Waals surface area contributed by atoms with E-state index in [1.165, 1.54) is 11.8 Å². The van der Waals surface area contributed by atoms with Crippen LogP contribution in [-0.2, 0) is 16.6 Å². The molecule has 0 saturated carbocycles. The molecule has 0 aliphatic heterocycles. The molecule has 114 valence electrons. The molecule has 0 radical (unpaired) electrons. The molecule has 1 rings (SSSR count). The molecule has 0 amide bonds. The SMILES string of the molecule is CSC(C)(C)CNS(=O)(=O)c1cc(CO)cc(F)c1F. The lowest BCUT2D eigenvalue weighted by molar-refractivity contribution is 0.280. The third kappa shape index (κ3) is 4.15. The number of aliphatic hydroxyl groups excluding tert-OH is 1. The third-order valence-corrected chi connectivity index (χ3v) is 5.42. The summed E-state index contributed by atoms with van der Waals surface area (Å²) in [5.41, 5.74) is -0.00611. The number of nitrogens with one attached hydrogen (secondary N) is 1. The summed E-state index contributed by atoms with van der Waals surface area (Å²) in [6.07, 6.45) is 1.82. The second-order valence-corrected chi connectivity index (χ2v) is 8.09. The molecule has 4 nitrogen and oxygen atoms in total. The molecule has 0 unspecified atom stereocenters. The smallest absolute Gasteiger partial charge is 0.243 e. The van der Waals surface area contributed by atoms with E-state index in [-0.39, 0.29) is 16.9 Å². The van der Waals surface area contributed by atoms with E-state index in [1.807, 2.05) is 20.1 Å². The van der Waals surface area contributed by atoms with Crippen molar-refractivity contribution in [1.29, 1.82) is 0 Å². The van der Waals surface area contributed by atoms with Crippen molar-refractivity contribution in [2.75, 3.05) is 12.8 Å². The Morgan fingerprint density at radius 2 is 1.95 bits per heavy atom. The van der Waals surface area contributed by atoms with Gasteiger partial charge in [-0.05, 0) is 37.8 Å².